The lowest BCUT2D eigenvalue weighted by Crippen LogP contribution is -2.37. The molecule has 3 rings (SSSR count). The number of carbonyl (C=O) groups excluding carboxylic acids is 1. The minimum absolute atomic E-state index is 0.0218. The lowest BCUT2D eigenvalue weighted by Gasteiger charge is -2.28. The number of anilines is 2. The molecule has 3 N–H and O–H groups in total. The van der Waals surface area contributed by atoms with Gasteiger partial charge in [0.15, 0.2) is 0 Å². The van der Waals surface area contributed by atoms with Gasteiger partial charge >= 0.3 is 0 Å². The first-order valence-electron chi connectivity index (χ1n) is 7.16. The molecule has 1 aliphatic rings. The smallest absolute Gasteiger partial charge is 0.238 e. The van der Waals surface area contributed by atoms with Crippen molar-refractivity contribution in [1.29, 1.82) is 0 Å². The third-order valence-corrected chi connectivity index (χ3v) is 3.81. The molecule has 1 amide bonds. The number of amides is 1. The van der Waals surface area contributed by atoms with Gasteiger partial charge in [-0.05, 0) is 35.7 Å². The van der Waals surface area contributed by atoms with Crippen molar-refractivity contribution >= 4 is 17.3 Å². The van der Waals surface area contributed by atoms with E-state index in [4.69, 9.17) is 5.73 Å². The van der Waals surface area contributed by atoms with Gasteiger partial charge in [0.05, 0.1) is 6.54 Å². The van der Waals surface area contributed by atoms with Crippen LogP contribution >= 0.6 is 0 Å². The maximum Gasteiger partial charge on any atom is 0.238 e. The number of benzene rings is 2. The molecule has 1 heterocycles. The number of carbonyl (C=O) groups is 1. The molecule has 0 saturated heterocycles. The Morgan fingerprint density at radius 3 is 2.76 bits per heavy atom. The summed E-state index contributed by atoms with van der Waals surface area (Å²) in [5, 5.41) is 2.92. The van der Waals surface area contributed by atoms with E-state index in [2.05, 4.69) is 16.3 Å². The number of hydrogen-bond acceptors (Lipinski definition) is 3. The molecule has 2 aromatic rings. The van der Waals surface area contributed by atoms with Crippen molar-refractivity contribution in [2.24, 2.45) is 0 Å². The fourth-order valence-electron chi connectivity index (χ4n) is 2.76. The predicted octanol–water partition coefficient (Wildman–Crippen LogP) is 2.27. The van der Waals surface area contributed by atoms with Gasteiger partial charge in [-0.3, -0.25) is 9.69 Å². The zero-order valence-corrected chi connectivity index (χ0v) is 11.9. The van der Waals surface area contributed by atoms with Crippen molar-refractivity contribution in [3.63, 3.8) is 0 Å². The van der Waals surface area contributed by atoms with Crippen LogP contribution in [0, 0.1) is 0 Å². The van der Waals surface area contributed by atoms with Gasteiger partial charge in [0.1, 0.15) is 0 Å². The van der Waals surface area contributed by atoms with Gasteiger partial charge in [0.25, 0.3) is 0 Å². The quantitative estimate of drug-likeness (QED) is 0.849. The number of para-hydroxylation sites is 1. The molecule has 0 unspecified atom stereocenters. The van der Waals surface area contributed by atoms with Gasteiger partial charge in [-0.1, -0.05) is 30.3 Å². The first kappa shape index (κ1) is 13.6. The molecule has 0 aromatic heterocycles. The van der Waals surface area contributed by atoms with Crippen LogP contribution in [0.3, 0.4) is 0 Å². The fraction of sp³-hybridized carbons (Fsp3) is 0.235. The molecule has 108 valence electrons. The Bertz CT molecular complexity index is 640. The predicted molar refractivity (Wildman–Crippen MR) is 84.9 cm³/mol. The SMILES string of the molecule is Nc1cccc2c1CCN(CC(=O)Nc1ccccc1)C2. The lowest BCUT2D eigenvalue weighted by molar-refractivity contribution is -0.117. The van der Waals surface area contributed by atoms with Crippen LogP contribution < -0.4 is 11.1 Å². The van der Waals surface area contributed by atoms with E-state index in [1.165, 1.54) is 11.1 Å². The molecule has 0 saturated carbocycles. The van der Waals surface area contributed by atoms with Gasteiger partial charge in [-0.2, -0.15) is 0 Å². The molecule has 0 atom stereocenters. The summed E-state index contributed by atoms with van der Waals surface area (Å²) < 4.78 is 0. The molecule has 0 aliphatic carbocycles. The summed E-state index contributed by atoms with van der Waals surface area (Å²) >= 11 is 0. The van der Waals surface area contributed by atoms with Crippen LogP contribution in [0.2, 0.25) is 0 Å². The third-order valence-electron chi connectivity index (χ3n) is 3.81. The highest BCUT2D eigenvalue weighted by molar-refractivity contribution is 5.92. The first-order valence-corrected chi connectivity index (χ1v) is 7.16. The summed E-state index contributed by atoms with van der Waals surface area (Å²) in [7, 11) is 0. The van der Waals surface area contributed by atoms with E-state index in [-0.39, 0.29) is 5.91 Å². The first-order chi connectivity index (χ1) is 10.2. The second-order valence-corrected chi connectivity index (χ2v) is 5.36. The lowest BCUT2D eigenvalue weighted by atomic mass is 9.98. The fourth-order valence-corrected chi connectivity index (χ4v) is 2.76. The Balaban J connectivity index is 1.61. The van der Waals surface area contributed by atoms with E-state index in [0.717, 1.165) is 30.9 Å². The van der Waals surface area contributed by atoms with Crippen molar-refractivity contribution in [2.75, 3.05) is 24.1 Å². The van der Waals surface area contributed by atoms with Crippen LogP contribution in [0.1, 0.15) is 11.1 Å². The Kier molecular flexibility index (Phi) is 3.88. The van der Waals surface area contributed by atoms with E-state index in [1.807, 2.05) is 42.5 Å². The second kappa shape index (κ2) is 5.97. The largest absolute Gasteiger partial charge is 0.398 e. The maximum atomic E-state index is 12.1. The van der Waals surface area contributed by atoms with Gasteiger partial charge < -0.3 is 11.1 Å². The molecule has 1 aliphatic heterocycles. The molecule has 0 bridgehead atoms. The molecular weight excluding hydrogens is 262 g/mol. The molecular formula is C17H19N3O. The number of fused-ring (bicyclic) bond motifs is 1. The Labute approximate surface area is 124 Å². The highest BCUT2D eigenvalue weighted by Crippen LogP contribution is 2.23. The summed E-state index contributed by atoms with van der Waals surface area (Å²) in [6.45, 7) is 2.05. The van der Waals surface area contributed by atoms with Crippen LogP contribution in [0.25, 0.3) is 0 Å². The van der Waals surface area contributed by atoms with Crippen LogP contribution in [-0.2, 0) is 17.8 Å². The van der Waals surface area contributed by atoms with Crippen molar-refractivity contribution in [3.8, 4) is 0 Å². The van der Waals surface area contributed by atoms with Gasteiger partial charge in [-0.25, -0.2) is 0 Å². The molecule has 4 nitrogen and oxygen atoms in total. The summed E-state index contributed by atoms with van der Waals surface area (Å²) in [6, 6.07) is 15.5. The van der Waals surface area contributed by atoms with E-state index in [1.54, 1.807) is 0 Å². The topological polar surface area (TPSA) is 58.4 Å². The van der Waals surface area contributed by atoms with Crippen LogP contribution in [0.15, 0.2) is 48.5 Å². The van der Waals surface area contributed by atoms with Gasteiger partial charge in [-0.15, -0.1) is 0 Å². The molecule has 0 fully saturated rings. The average molecular weight is 281 g/mol. The van der Waals surface area contributed by atoms with Crippen LogP contribution in [0.5, 0.6) is 0 Å². The zero-order valence-electron chi connectivity index (χ0n) is 11.9. The highest BCUT2D eigenvalue weighted by Gasteiger charge is 2.19. The van der Waals surface area contributed by atoms with E-state index in [9.17, 15) is 4.79 Å². The second-order valence-electron chi connectivity index (χ2n) is 5.36. The van der Waals surface area contributed by atoms with E-state index in [0.29, 0.717) is 6.54 Å². The number of hydrogen-bond donors (Lipinski definition) is 2. The molecule has 21 heavy (non-hydrogen) atoms. The monoisotopic (exact) mass is 281 g/mol. The Hall–Kier alpha value is -2.33. The third kappa shape index (κ3) is 3.23. The van der Waals surface area contributed by atoms with E-state index < -0.39 is 0 Å². The van der Waals surface area contributed by atoms with Crippen molar-refractivity contribution in [1.82, 2.24) is 4.90 Å². The number of nitrogens with zero attached hydrogens (tertiary/aromatic N) is 1. The maximum absolute atomic E-state index is 12.1. The summed E-state index contributed by atoms with van der Waals surface area (Å²) in [5.74, 6) is 0.0218. The number of nitrogens with two attached hydrogens (primary N) is 1. The standard InChI is InChI=1S/C17H19N3O/c18-16-8-4-5-13-11-20(10-9-15(13)16)12-17(21)19-14-6-2-1-3-7-14/h1-8H,9-12,18H2,(H,19,21). The van der Waals surface area contributed by atoms with Gasteiger partial charge in [0, 0.05) is 24.5 Å². The van der Waals surface area contributed by atoms with Crippen LogP contribution in [0.4, 0.5) is 11.4 Å². The number of nitrogens with one attached hydrogen (secondary N) is 1. The Morgan fingerprint density at radius 1 is 1.14 bits per heavy atom. The molecule has 2 aromatic carbocycles. The normalized spacial score (nSPS) is 14.5. The summed E-state index contributed by atoms with van der Waals surface area (Å²) in [5.41, 5.74) is 10.2. The minimum atomic E-state index is 0.0218. The molecule has 4 heteroatoms. The van der Waals surface area contributed by atoms with E-state index >= 15 is 0 Å². The number of rotatable bonds is 3. The minimum Gasteiger partial charge on any atom is -0.398 e. The highest BCUT2D eigenvalue weighted by atomic mass is 16.2. The number of nitrogen functional groups attached to an aromatic ring is 1. The van der Waals surface area contributed by atoms with Crippen molar-refractivity contribution < 1.29 is 4.79 Å². The zero-order chi connectivity index (χ0) is 14.7. The Morgan fingerprint density at radius 2 is 1.95 bits per heavy atom. The summed E-state index contributed by atoms with van der Waals surface area (Å²) in [4.78, 5) is 14.2. The molecule has 0 spiro atoms. The van der Waals surface area contributed by atoms with Crippen molar-refractivity contribution in [2.45, 2.75) is 13.0 Å². The molecule has 0 radical (unpaired) electrons. The average Bonchev–Trinajstić information content (AvgIpc) is 2.48. The summed E-state index contributed by atoms with van der Waals surface area (Å²) in [6.07, 6.45) is 0.903. The van der Waals surface area contributed by atoms with Crippen molar-refractivity contribution in [3.05, 3.63) is 59.7 Å². The van der Waals surface area contributed by atoms with Gasteiger partial charge in [0.2, 0.25) is 5.91 Å². The van der Waals surface area contributed by atoms with Crippen LogP contribution in [-0.4, -0.2) is 23.9 Å².